The summed E-state index contributed by atoms with van der Waals surface area (Å²) in [6, 6.07) is 1.25. The molecule has 0 aromatic heterocycles. The van der Waals surface area contributed by atoms with Crippen molar-refractivity contribution in [3.8, 4) is 0 Å². The second-order valence-electron chi connectivity index (χ2n) is 4.08. The molecule has 1 fully saturated rings. The van der Waals surface area contributed by atoms with E-state index in [1.54, 1.807) is 0 Å². The summed E-state index contributed by atoms with van der Waals surface area (Å²) in [7, 11) is 0. The van der Waals surface area contributed by atoms with Crippen molar-refractivity contribution in [1.82, 2.24) is 5.32 Å². The number of carbonyl (C=O) groups excluding carboxylic acids is 1. The van der Waals surface area contributed by atoms with Crippen LogP contribution in [0.2, 0.25) is 0 Å². The average molecular weight is 241 g/mol. The summed E-state index contributed by atoms with van der Waals surface area (Å²) in [5.74, 6) is -1.66. The summed E-state index contributed by atoms with van der Waals surface area (Å²) < 4.78 is 26.1. The van der Waals surface area contributed by atoms with Gasteiger partial charge in [-0.05, 0) is 25.3 Å². The van der Waals surface area contributed by atoms with E-state index in [2.05, 4.69) is 10.6 Å². The maximum atomic E-state index is 13.3. The Bertz CT molecular complexity index is 423. The minimum atomic E-state index is -0.883. The molecule has 1 aliphatic carbocycles. The fourth-order valence-corrected chi connectivity index (χ4v) is 1.61. The second kappa shape index (κ2) is 4.57. The van der Waals surface area contributed by atoms with E-state index in [4.69, 9.17) is 5.73 Å². The number of amides is 2. The van der Waals surface area contributed by atoms with Crippen LogP contribution in [-0.4, -0.2) is 12.1 Å². The number of hydrogen-bond acceptors (Lipinski definition) is 2. The fourth-order valence-electron chi connectivity index (χ4n) is 1.61. The topological polar surface area (TPSA) is 67.1 Å². The first-order valence-electron chi connectivity index (χ1n) is 5.38. The third kappa shape index (κ3) is 2.64. The molecule has 1 saturated carbocycles. The number of hydrogen-bond donors (Lipinski definition) is 3. The van der Waals surface area contributed by atoms with Gasteiger partial charge >= 0.3 is 6.03 Å². The highest BCUT2D eigenvalue weighted by molar-refractivity contribution is 5.93. The van der Waals surface area contributed by atoms with E-state index in [0.717, 1.165) is 25.3 Å². The maximum absolute atomic E-state index is 13.3. The lowest BCUT2D eigenvalue weighted by Gasteiger charge is -2.26. The lowest BCUT2D eigenvalue weighted by atomic mass is 9.93. The average Bonchev–Trinajstić information content (AvgIpc) is 2.17. The molecule has 1 aromatic rings. The quantitative estimate of drug-likeness (QED) is 0.695. The van der Waals surface area contributed by atoms with Crippen LogP contribution in [0.1, 0.15) is 19.3 Å². The third-order valence-electron chi connectivity index (χ3n) is 2.76. The lowest BCUT2D eigenvalue weighted by Crippen LogP contribution is -2.42. The SMILES string of the molecule is Nc1cc(F)cc(F)c1NC(=O)NC1CCC1. The van der Waals surface area contributed by atoms with Crippen molar-refractivity contribution in [2.24, 2.45) is 0 Å². The molecule has 1 aliphatic rings. The van der Waals surface area contributed by atoms with Gasteiger partial charge in [0, 0.05) is 12.1 Å². The summed E-state index contributed by atoms with van der Waals surface area (Å²) in [5, 5.41) is 4.96. The van der Waals surface area contributed by atoms with Crippen LogP contribution in [0, 0.1) is 11.6 Å². The molecule has 92 valence electrons. The Balaban J connectivity index is 2.04. The molecule has 17 heavy (non-hydrogen) atoms. The molecule has 0 saturated heterocycles. The Morgan fingerprint density at radius 1 is 1.35 bits per heavy atom. The maximum Gasteiger partial charge on any atom is 0.319 e. The van der Waals surface area contributed by atoms with Crippen molar-refractivity contribution in [2.45, 2.75) is 25.3 Å². The summed E-state index contributed by atoms with van der Waals surface area (Å²) >= 11 is 0. The van der Waals surface area contributed by atoms with Gasteiger partial charge in [-0.25, -0.2) is 13.6 Å². The van der Waals surface area contributed by atoms with Crippen LogP contribution in [0.3, 0.4) is 0 Å². The number of nitrogens with one attached hydrogen (secondary N) is 2. The van der Waals surface area contributed by atoms with Crippen LogP contribution in [0.25, 0.3) is 0 Å². The van der Waals surface area contributed by atoms with Crippen molar-refractivity contribution in [2.75, 3.05) is 11.1 Å². The molecule has 6 heteroatoms. The summed E-state index contributed by atoms with van der Waals surface area (Å²) in [6.45, 7) is 0. The molecule has 4 N–H and O–H groups in total. The number of halogens is 2. The summed E-state index contributed by atoms with van der Waals surface area (Å²) in [5.41, 5.74) is 5.10. The zero-order valence-electron chi connectivity index (χ0n) is 9.09. The molecule has 0 bridgehead atoms. The van der Waals surface area contributed by atoms with Gasteiger partial charge in [-0.15, -0.1) is 0 Å². The number of urea groups is 1. The smallest absolute Gasteiger partial charge is 0.319 e. The normalized spacial score (nSPS) is 15.2. The van der Waals surface area contributed by atoms with Gasteiger partial charge in [0.25, 0.3) is 0 Å². The molecule has 0 heterocycles. The van der Waals surface area contributed by atoms with E-state index < -0.39 is 17.7 Å². The van der Waals surface area contributed by atoms with E-state index in [1.807, 2.05) is 0 Å². The molecule has 2 amide bonds. The van der Waals surface area contributed by atoms with Gasteiger partial charge in [0.2, 0.25) is 0 Å². The molecular weight excluding hydrogens is 228 g/mol. The van der Waals surface area contributed by atoms with Crippen LogP contribution in [0.5, 0.6) is 0 Å². The Labute approximate surface area is 97.2 Å². The molecule has 4 nitrogen and oxygen atoms in total. The molecule has 0 spiro atoms. The molecular formula is C11H13F2N3O. The highest BCUT2D eigenvalue weighted by atomic mass is 19.1. The van der Waals surface area contributed by atoms with Crippen LogP contribution in [0.15, 0.2) is 12.1 Å². The highest BCUT2D eigenvalue weighted by Crippen LogP contribution is 2.24. The third-order valence-corrected chi connectivity index (χ3v) is 2.76. The van der Waals surface area contributed by atoms with Crippen LogP contribution in [-0.2, 0) is 0 Å². The Morgan fingerprint density at radius 2 is 2.06 bits per heavy atom. The van der Waals surface area contributed by atoms with Crippen molar-refractivity contribution < 1.29 is 13.6 Å². The molecule has 0 aliphatic heterocycles. The van der Waals surface area contributed by atoms with Gasteiger partial charge in [0.1, 0.15) is 11.5 Å². The second-order valence-corrected chi connectivity index (χ2v) is 4.08. The van der Waals surface area contributed by atoms with E-state index >= 15 is 0 Å². The van der Waals surface area contributed by atoms with Gasteiger partial charge in [-0.3, -0.25) is 0 Å². The van der Waals surface area contributed by atoms with Gasteiger partial charge in [0.05, 0.1) is 5.69 Å². The Kier molecular flexibility index (Phi) is 3.12. The molecule has 2 rings (SSSR count). The van der Waals surface area contributed by atoms with Gasteiger partial charge in [-0.2, -0.15) is 0 Å². The fraction of sp³-hybridized carbons (Fsp3) is 0.364. The Hall–Kier alpha value is -1.85. The first kappa shape index (κ1) is 11.6. The zero-order valence-corrected chi connectivity index (χ0v) is 9.09. The van der Waals surface area contributed by atoms with Crippen LogP contribution >= 0.6 is 0 Å². The van der Waals surface area contributed by atoms with E-state index in [1.165, 1.54) is 0 Å². The van der Waals surface area contributed by atoms with Crippen LogP contribution in [0.4, 0.5) is 25.0 Å². The summed E-state index contributed by atoms with van der Waals surface area (Å²) in [4.78, 5) is 11.5. The minimum Gasteiger partial charge on any atom is -0.397 e. The van der Waals surface area contributed by atoms with Gasteiger partial charge in [-0.1, -0.05) is 0 Å². The van der Waals surface area contributed by atoms with Crippen molar-refractivity contribution >= 4 is 17.4 Å². The van der Waals surface area contributed by atoms with Crippen molar-refractivity contribution in [1.29, 1.82) is 0 Å². The minimum absolute atomic E-state index is 0.133. The van der Waals surface area contributed by atoms with Crippen molar-refractivity contribution in [3.63, 3.8) is 0 Å². The number of nitrogen functional groups attached to an aromatic ring is 1. The predicted octanol–water partition coefficient (Wildman–Crippen LogP) is 2.22. The summed E-state index contributed by atoms with van der Waals surface area (Å²) in [6.07, 6.45) is 2.93. The largest absolute Gasteiger partial charge is 0.397 e. The van der Waals surface area contributed by atoms with E-state index in [9.17, 15) is 13.6 Å². The first-order valence-corrected chi connectivity index (χ1v) is 5.38. The van der Waals surface area contributed by atoms with E-state index in [-0.39, 0.29) is 17.4 Å². The molecule has 1 aromatic carbocycles. The standard InChI is InChI=1S/C11H13F2N3O/c12-6-4-8(13)10(9(14)5-6)16-11(17)15-7-2-1-3-7/h4-5,7H,1-3,14H2,(H2,15,16,17). The number of nitrogens with two attached hydrogens (primary N) is 1. The molecule has 0 unspecified atom stereocenters. The first-order chi connectivity index (χ1) is 8.06. The monoisotopic (exact) mass is 241 g/mol. The highest BCUT2D eigenvalue weighted by Gasteiger charge is 2.20. The lowest BCUT2D eigenvalue weighted by molar-refractivity contribution is 0.240. The molecule has 0 atom stereocenters. The number of benzene rings is 1. The van der Waals surface area contributed by atoms with Gasteiger partial charge < -0.3 is 16.4 Å². The molecule has 0 radical (unpaired) electrons. The predicted molar refractivity (Wildman–Crippen MR) is 60.6 cm³/mol. The van der Waals surface area contributed by atoms with E-state index in [0.29, 0.717) is 6.07 Å². The zero-order chi connectivity index (χ0) is 12.4. The van der Waals surface area contributed by atoms with Crippen molar-refractivity contribution in [3.05, 3.63) is 23.8 Å². The Morgan fingerprint density at radius 3 is 2.59 bits per heavy atom. The number of rotatable bonds is 2. The van der Waals surface area contributed by atoms with Gasteiger partial charge in [0.15, 0.2) is 5.82 Å². The number of anilines is 2. The number of carbonyl (C=O) groups is 1. The van der Waals surface area contributed by atoms with Crippen LogP contribution < -0.4 is 16.4 Å².